The number of rotatable bonds is 5. The number of nitrogens with one attached hydrogen (secondary N) is 1. The first kappa shape index (κ1) is 19.3. The average Bonchev–Trinajstić information content (AvgIpc) is 3.06. The quantitative estimate of drug-likeness (QED) is 0.849. The van der Waals surface area contributed by atoms with Gasteiger partial charge in [0, 0.05) is 30.5 Å². The Labute approximate surface area is 159 Å². The second-order valence-corrected chi connectivity index (χ2v) is 8.56. The second-order valence-electron chi connectivity index (χ2n) is 6.74. The highest BCUT2D eigenvalue weighted by Crippen LogP contribution is 2.22. The first-order valence-electron chi connectivity index (χ1n) is 8.82. The van der Waals surface area contributed by atoms with E-state index < -0.39 is 10.0 Å². The van der Waals surface area contributed by atoms with Crippen molar-refractivity contribution in [3.8, 4) is 0 Å². The van der Waals surface area contributed by atoms with Gasteiger partial charge in [0.1, 0.15) is 5.76 Å². The Bertz CT molecular complexity index is 924. The molecule has 0 atom stereocenters. The van der Waals surface area contributed by atoms with Gasteiger partial charge in [-0.05, 0) is 38.3 Å². The molecule has 144 valence electrons. The lowest BCUT2D eigenvalue weighted by Gasteiger charge is -2.29. The van der Waals surface area contributed by atoms with E-state index in [-0.39, 0.29) is 11.8 Å². The highest BCUT2D eigenvalue weighted by molar-refractivity contribution is 7.92. The summed E-state index contributed by atoms with van der Waals surface area (Å²) in [5.74, 6) is 0.602. The van der Waals surface area contributed by atoms with Gasteiger partial charge in [0.05, 0.1) is 0 Å². The third kappa shape index (κ3) is 5.05. The van der Waals surface area contributed by atoms with Gasteiger partial charge in [0.15, 0.2) is 5.82 Å². The highest BCUT2D eigenvalue weighted by Gasteiger charge is 2.30. The summed E-state index contributed by atoms with van der Waals surface area (Å²) in [7, 11) is -3.50. The molecule has 0 aliphatic carbocycles. The number of hydrogen-bond donors (Lipinski definition) is 1. The van der Waals surface area contributed by atoms with Gasteiger partial charge >= 0.3 is 0 Å². The Hall–Kier alpha value is -2.45. The lowest BCUT2D eigenvalue weighted by atomic mass is 9.97. The zero-order valence-corrected chi connectivity index (χ0v) is 16.2. The number of carbonyl (C=O) groups excluding carboxylic acids is 1. The molecule has 1 aliphatic rings. The van der Waals surface area contributed by atoms with Crippen LogP contribution in [0.5, 0.6) is 0 Å². The molecule has 27 heavy (non-hydrogen) atoms. The molecule has 2 aromatic rings. The number of aryl methyl sites for hydroxylation is 2. The maximum Gasteiger partial charge on any atom is 0.236 e. The van der Waals surface area contributed by atoms with E-state index in [4.69, 9.17) is 4.52 Å². The summed E-state index contributed by atoms with van der Waals surface area (Å²) in [5.41, 5.74) is 1.96. The summed E-state index contributed by atoms with van der Waals surface area (Å²) in [6.07, 6.45) is 2.54. The second kappa shape index (κ2) is 8.06. The molecule has 1 saturated heterocycles. The molecule has 0 unspecified atom stereocenters. The summed E-state index contributed by atoms with van der Waals surface area (Å²) in [6, 6.07) is 9.28. The van der Waals surface area contributed by atoms with Crippen molar-refractivity contribution in [2.24, 2.45) is 5.92 Å². The van der Waals surface area contributed by atoms with Crippen LogP contribution in [-0.2, 0) is 14.8 Å². The van der Waals surface area contributed by atoms with E-state index in [0.29, 0.717) is 37.5 Å². The molecule has 0 radical (unpaired) electrons. The standard InChI is InChI=1S/C19H23N3O4S/c1-14-3-5-16(6-4-14)9-12-27(24,25)22-10-7-17(8-11-22)19(23)20-18-13-15(2)26-21-18/h3-6,9,12-13,17H,7-8,10-11H2,1-2H3,(H,20,21,23)/b12-9+. The number of nitrogens with zero attached hydrogens (tertiary/aromatic N) is 2. The molecule has 3 rings (SSSR count). The van der Waals surface area contributed by atoms with Gasteiger partial charge in [-0.3, -0.25) is 4.79 Å². The number of piperidine rings is 1. The molecule has 2 heterocycles. The first-order valence-corrected chi connectivity index (χ1v) is 10.3. The van der Waals surface area contributed by atoms with Crippen molar-refractivity contribution >= 4 is 27.8 Å². The van der Waals surface area contributed by atoms with Gasteiger partial charge in [-0.2, -0.15) is 4.31 Å². The van der Waals surface area contributed by atoms with E-state index in [9.17, 15) is 13.2 Å². The number of aromatic nitrogens is 1. The number of sulfonamides is 1. The lowest BCUT2D eigenvalue weighted by Crippen LogP contribution is -2.40. The normalized spacial score (nSPS) is 16.7. The molecule has 1 aliphatic heterocycles. The molecule has 1 amide bonds. The minimum Gasteiger partial charge on any atom is -0.360 e. The lowest BCUT2D eigenvalue weighted by molar-refractivity contribution is -0.120. The van der Waals surface area contributed by atoms with Crippen molar-refractivity contribution in [2.75, 3.05) is 18.4 Å². The van der Waals surface area contributed by atoms with Gasteiger partial charge in [-0.15, -0.1) is 0 Å². The zero-order valence-electron chi connectivity index (χ0n) is 15.4. The number of amides is 1. The predicted molar refractivity (Wildman–Crippen MR) is 103 cm³/mol. The highest BCUT2D eigenvalue weighted by atomic mass is 32.2. The van der Waals surface area contributed by atoms with Crippen LogP contribution in [0.4, 0.5) is 5.82 Å². The monoisotopic (exact) mass is 389 g/mol. The largest absolute Gasteiger partial charge is 0.360 e. The molecular weight excluding hydrogens is 366 g/mol. The summed E-state index contributed by atoms with van der Waals surface area (Å²) in [6.45, 7) is 4.36. The topological polar surface area (TPSA) is 92.5 Å². The van der Waals surface area contributed by atoms with Crippen LogP contribution in [0.2, 0.25) is 0 Å². The van der Waals surface area contributed by atoms with Crippen LogP contribution in [0.25, 0.3) is 6.08 Å². The van der Waals surface area contributed by atoms with Crippen molar-refractivity contribution in [3.63, 3.8) is 0 Å². The van der Waals surface area contributed by atoms with Crippen molar-refractivity contribution in [3.05, 3.63) is 52.6 Å². The predicted octanol–water partition coefficient (Wildman–Crippen LogP) is 2.94. The van der Waals surface area contributed by atoms with Crippen molar-refractivity contribution in [2.45, 2.75) is 26.7 Å². The maximum absolute atomic E-state index is 12.5. The van der Waals surface area contributed by atoms with E-state index in [1.54, 1.807) is 19.1 Å². The average molecular weight is 389 g/mol. The Morgan fingerprint density at radius 2 is 1.89 bits per heavy atom. The van der Waals surface area contributed by atoms with Gasteiger partial charge in [-0.1, -0.05) is 35.0 Å². The summed E-state index contributed by atoms with van der Waals surface area (Å²) >= 11 is 0. The van der Waals surface area contributed by atoms with Crippen molar-refractivity contribution in [1.29, 1.82) is 0 Å². The van der Waals surface area contributed by atoms with E-state index in [1.165, 1.54) is 9.71 Å². The summed E-state index contributed by atoms with van der Waals surface area (Å²) in [4.78, 5) is 12.3. The van der Waals surface area contributed by atoms with Crippen LogP contribution in [0, 0.1) is 19.8 Å². The molecule has 0 saturated carbocycles. The summed E-state index contributed by atoms with van der Waals surface area (Å²) < 4.78 is 31.4. The van der Waals surface area contributed by atoms with Crippen molar-refractivity contribution in [1.82, 2.24) is 9.46 Å². The minimum atomic E-state index is -3.50. The summed E-state index contributed by atoms with van der Waals surface area (Å²) in [5, 5.41) is 7.68. The molecule has 0 bridgehead atoms. The number of carbonyl (C=O) groups is 1. The van der Waals surface area contributed by atoms with Crippen LogP contribution >= 0.6 is 0 Å². The SMILES string of the molecule is Cc1ccc(/C=C/S(=O)(=O)N2CCC(C(=O)Nc3cc(C)on3)CC2)cc1. The molecule has 8 heteroatoms. The minimum absolute atomic E-state index is 0.157. The fourth-order valence-electron chi connectivity index (χ4n) is 2.95. The van der Waals surface area contributed by atoms with Crippen molar-refractivity contribution < 1.29 is 17.7 Å². The fourth-order valence-corrected chi connectivity index (χ4v) is 4.18. The van der Waals surface area contributed by atoms with Gasteiger partial charge in [0.25, 0.3) is 0 Å². The molecule has 1 aromatic carbocycles. The van der Waals surface area contributed by atoms with Crippen LogP contribution in [0.3, 0.4) is 0 Å². The van der Waals surface area contributed by atoms with Crippen LogP contribution in [-0.4, -0.2) is 36.9 Å². The Morgan fingerprint density at radius 3 is 2.48 bits per heavy atom. The van der Waals surface area contributed by atoms with E-state index in [2.05, 4.69) is 10.5 Å². The number of anilines is 1. The van der Waals surface area contributed by atoms with E-state index >= 15 is 0 Å². The Morgan fingerprint density at radius 1 is 1.22 bits per heavy atom. The first-order chi connectivity index (χ1) is 12.8. The van der Waals surface area contributed by atoms with E-state index in [0.717, 1.165) is 11.1 Å². The maximum atomic E-state index is 12.5. The van der Waals surface area contributed by atoms with E-state index in [1.807, 2.05) is 31.2 Å². The Kier molecular flexibility index (Phi) is 5.76. The Balaban J connectivity index is 1.55. The van der Waals surface area contributed by atoms with Crippen LogP contribution < -0.4 is 5.32 Å². The van der Waals surface area contributed by atoms with Crippen LogP contribution in [0.15, 0.2) is 40.3 Å². The molecule has 1 fully saturated rings. The van der Waals surface area contributed by atoms with Crippen LogP contribution in [0.1, 0.15) is 29.7 Å². The third-order valence-corrected chi connectivity index (χ3v) is 6.14. The molecule has 0 spiro atoms. The smallest absolute Gasteiger partial charge is 0.236 e. The zero-order chi connectivity index (χ0) is 19.4. The number of hydrogen-bond acceptors (Lipinski definition) is 5. The molecule has 7 nitrogen and oxygen atoms in total. The fraction of sp³-hybridized carbons (Fsp3) is 0.368. The molecule has 1 aromatic heterocycles. The van der Waals surface area contributed by atoms with Gasteiger partial charge < -0.3 is 9.84 Å². The van der Waals surface area contributed by atoms with Gasteiger partial charge in [-0.25, -0.2) is 8.42 Å². The molecule has 1 N–H and O–H groups in total. The number of benzene rings is 1. The van der Waals surface area contributed by atoms with Gasteiger partial charge in [0.2, 0.25) is 15.9 Å². The third-order valence-electron chi connectivity index (χ3n) is 4.57. The molecular formula is C19H23N3O4S.